The van der Waals surface area contributed by atoms with Gasteiger partial charge in [0.25, 0.3) is 0 Å². The first kappa shape index (κ1) is 12.4. The summed E-state index contributed by atoms with van der Waals surface area (Å²) in [6, 6.07) is 9.33. The SMILES string of the molecule is CNc1nc2ccccc2cc1CN1C(=O)CNC1=O. The number of nitrogens with zero attached hydrogens (tertiary/aromatic N) is 2. The number of pyridine rings is 1. The molecule has 1 fully saturated rings. The average Bonchev–Trinajstić information content (AvgIpc) is 2.78. The second-order valence-electron chi connectivity index (χ2n) is 4.58. The van der Waals surface area contributed by atoms with Gasteiger partial charge in [-0.1, -0.05) is 18.2 Å². The van der Waals surface area contributed by atoms with Gasteiger partial charge in [-0.25, -0.2) is 9.78 Å². The largest absolute Gasteiger partial charge is 0.373 e. The van der Waals surface area contributed by atoms with Crippen molar-refractivity contribution in [3.63, 3.8) is 0 Å². The first-order chi connectivity index (χ1) is 9.69. The van der Waals surface area contributed by atoms with Gasteiger partial charge in [-0.15, -0.1) is 0 Å². The van der Waals surface area contributed by atoms with Crippen LogP contribution in [0.1, 0.15) is 5.56 Å². The van der Waals surface area contributed by atoms with Crippen LogP contribution >= 0.6 is 0 Å². The lowest BCUT2D eigenvalue weighted by molar-refractivity contribution is -0.125. The normalized spacial score (nSPS) is 14.8. The van der Waals surface area contributed by atoms with E-state index >= 15 is 0 Å². The maximum Gasteiger partial charge on any atom is 0.324 e. The molecule has 2 aromatic rings. The van der Waals surface area contributed by atoms with E-state index in [1.165, 1.54) is 4.90 Å². The molecule has 102 valence electrons. The van der Waals surface area contributed by atoms with Gasteiger partial charge in [0.15, 0.2) is 0 Å². The number of aromatic nitrogens is 1. The highest BCUT2D eigenvalue weighted by Crippen LogP contribution is 2.22. The summed E-state index contributed by atoms with van der Waals surface area (Å²) in [5.41, 5.74) is 1.69. The van der Waals surface area contributed by atoms with Crippen molar-refractivity contribution >= 4 is 28.7 Å². The van der Waals surface area contributed by atoms with Gasteiger partial charge in [-0.2, -0.15) is 0 Å². The van der Waals surface area contributed by atoms with E-state index in [-0.39, 0.29) is 25.0 Å². The Labute approximate surface area is 115 Å². The third-order valence-electron chi connectivity index (χ3n) is 3.31. The molecule has 3 amide bonds. The molecule has 0 saturated carbocycles. The molecule has 1 aliphatic heterocycles. The number of rotatable bonds is 3. The first-order valence-corrected chi connectivity index (χ1v) is 6.33. The predicted molar refractivity (Wildman–Crippen MR) is 75.2 cm³/mol. The fourth-order valence-corrected chi connectivity index (χ4v) is 2.28. The maximum atomic E-state index is 11.7. The third kappa shape index (κ3) is 2.05. The average molecular weight is 270 g/mol. The Morgan fingerprint density at radius 1 is 1.35 bits per heavy atom. The van der Waals surface area contributed by atoms with Crippen LogP contribution in [0.15, 0.2) is 30.3 Å². The topological polar surface area (TPSA) is 74.3 Å². The molecule has 6 nitrogen and oxygen atoms in total. The minimum Gasteiger partial charge on any atom is -0.373 e. The number of para-hydroxylation sites is 1. The summed E-state index contributed by atoms with van der Waals surface area (Å²) in [5, 5.41) is 6.50. The molecule has 0 atom stereocenters. The van der Waals surface area contributed by atoms with E-state index in [0.717, 1.165) is 16.5 Å². The molecule has 2 heterocycles. The van der Waals surface area contributed by atoms with Crippen LogP contribution in [0.3, 0.4) is 0 Å². The molecule has 0 bridgehead atoms. The van der Waals surface area contributed by atoms with Crippen LogP contribution in [0.5, 0.6) is 0 Å². The van der Waals surface area contributed by atoms with Crippen LogP contribution in [-0.4, -0.2) is 35.4 Å². The molecule has 0 spiro atoms. The zero-order valence-corrected chi connectivity index (χ0v) is 11.0. The number of amides is 3. The van der Waals surface area contributed by atoms with Crippen molar-refractivity contribution in [3.8, 4) is 0 Å². The van der Waals surface area contributed by atoms with Crippen LogP contribution in [0.2, 0.25) is 0 Å². The standard InChI is InChI=1S/C14H14N4O2/c1-15-13-10(8-18-12(19)7-16-14(18)20)6-9-4-2-3-5-11(9)17-13/h2-6H,7-8H2,1H3,(H,15,17)(H,16,20). The molecule has 0 aliphatic carbocycles. The van der Waals surface area contributed by atoms with E-state index in [2.05, 4.69) is 15.6 Å². The molecule has 1 aliphatic rings. The van der Waals surface area contributed by atoms with Gasteiger partial charge in [0.1, 0.15) is 5.82 Å². The molecule has 1 aromatic heterocycles. The van der Waals surface area contributed by atoms with E-state index < -0.39 is 0 Å². The number of urea groups is 1. The van der Waals surface area contributed by atoms with Gasteiger partial charge in [0.2, 0.25) is 5.91 Å². The molecule has 6 heteroatoms. The van der Waals surface area contributed by atoms with Crippen molar-refractivity contribution in [2.24, 2.45) is 0 Å². The van der Waals surface area contributed by atoms with E-state index in [9.17, 15) is 9.59 Å². The van der Waals surface area contributed by atoms with Gasteiger partial charge in [-0.3, -0.25) is 9.69 Å². The Balaban J connectivity index is 2.01. The van der Waals surface area contributed by atoms with Gasteiger partial charge in [0, 0.05) is 18.0 Å². The summed E-state index contributed by atoms with van der Waals surface area (Å²) in [6.45, 7) is 0.285. The number of benzene rings is 1. The van der Waals surface area contributed by atoms with Crippen molar-refractivity contribution in [1.82, 2.24) is 15.2 Å². The van der Waals surface area contributed by atoms with Gasteiger partial charge in [-0.05, 0) is 12.1 Å². The molecule has 1 saturated heterocycles. The second-order valence-corrected chi connectivity index (χ2v) is 4.58. The summed E-state index contributed by atoms with van der Waals surface area (Å²) < 4.78 is 0. The van der Waals surface area contributed by atoms with Crippen LogP contribution in [0.25, 0.3) is 10.9 Å². The van der Waals surface area contributed by atoms with E-state index in [1.807, 2.05) is 30.3 Å². The number of hydrogen-bond acceptors (Lipinski definition) is 4. The Hall–Kier alpha value is -2.63. The Morgan fingerprint density at radius 3 is 2.85 bits per heavy atom. The number of anilines is 1. The number of imide groups is 1. The lowest BCUT2D eigenvalue weighted by Gasteiger charge is -2.15. The highest BCUT2D eigenvalue weighted by Gasteiger charge is 2.29. The van der Waals surface area contributed by atoms with E-state index in [0.29, 0.717) is 5.82 Å². The summed E-state index contributed by atoms with van der Waals surface area (Å²) in [7, 11) is 1.77. The summed E-state index contributed by atoms with van der Waals surface area (Å²) in [6.07, 6.45) is 0. The van der Waals surface area contributed by atoms with Crippen molar-refractivity contribution in [1.29, 1.82) is 0 Å². The van der Waals surface area contributed by atoms with Gasteiger partial charge >= 0.3 is 6.03 Å². The maximum absolute atomic E-state index is 11.7. The third-order valence-corrected chi connectivity index (χ3v) is 3.31. The fraction of sp³-hybridized carbons (Fsp3) is 0.214. The summed E-state index contributed by atoms with van der Waals surface area (Å²) in [4.78, 5) is 29.0. The lowest BCUT2D eigenvalue weighted by Crippen LogP contribution is -2.30. The molecule has 2 N–H and O–H groups in total. The predicted octanol–water partition coefficient (Wildman–Crippen LogP) is 1.33. The second kappa shape index (κ2) is 4.80. The number of fused-ring (bicyclic) bond motifs is 1. The zero-order chi connectivity index (χ0) is 14.1. The van der Waals surface area contributed by atoms with Crippen LogP contribution in [0.4, 0.5) is 10.6 Å². The van der Waals surface area contributed by atoms with Crippen molar-refractivity contribution in [2.75, 3.05) is 18.9 Å². The molecule has 1 aromatic carbocycles. The fourth-order valence-electron chi connectivity index (χ4n) is 2.28. The van der Waals surface area contributed by atoms with Crippen LogP contribution in [0, 0.1) is 0 Å². The van der Waals surface area contributed by atoms with Gasteiger partial charge in [0.05, 0.1) is 18.6 Å². The molecule has 0 radical (unpaired) electrons. The first-order valence-electron chi connectivity index (χ1n) is 6.33. The molecular formula is C14H14N4O2. The number of hydrogen-bond donors (Lipinski definition) is 2. The smallest absolute Gasteiger partial charge is 0.324 e. The van der Waals surface area contributed by atoms with Crippen molar-refractivity contribution < 1.29 is 9.59 Å². The number of carbonyl (C=O) groups is 2. The Bertz CT molecular complexity index is 683. The quantitative estimate of drug-likeness (QED) is 0.825. The Kier molecular flexibility index (Phi) is 2.98. The highest BCUT2D eigenvalue weighted by atomic mass is 16.2. The van der Waals surface area contributed by atoms with Crippen LogP contribution < -0.4 is 10.6 Å². The monoisotopic (exact) mass is 270 g/mol. The molecule has 0 unspecified atom stereocenters. The van der Waals surface area contributed by atoms with Gasteiger partial charge < -0.3 is 10.6 Å². The summed E-state index contributed by atoms with van der Waals surface area (Å²) in [5.74, 6) is 0.460. The Morgan fingerprint density at radius 2 is 2.15 bits per heavy atom. The molecule has 20 heavy (non-hydrogen) atoms. The molecule has 3 rings (SSSR count). The number of carbonyl (C=O) groups excluding carboxylic acids is 2. The lowest BCUT2D eigenvalue weighted by atomic mass is 10.1. The zero-order valence-electron chi connectivity index (χ0n) is 11.0. The van der Waals surface area contributed by atoms with Crippen molar-refractivity contribution in [2.45, 2.75) is 6.54 Å². The van der Waals surface area contributed by atoms with Crippen molar-refractivity contribution in [3.05, 3.63) is 35.9 Å². The molecular weight excluding hydrogens is 256 g/mol. The van der Waals surface area contributed by atoms with E-state index in [4.69, 9.17) is 0 Å². The van der Waals surface area contributed by atoms with E-state index in [1.54, 1.807) is 7.05 Å². The highest BCUT2D eigenvalue weighted by molar-refractivity contribution is 6.02. The minimum atomic E-state index is -0.356. The van der Waals surface area contributed by atoms with Crippen LogP contribution in [-0.2, 0) is 11.3 Å². The number of nitrogens with one attached hydrogen (secondary N) is 2. The minimum absolute atomic E-state index is 0.0642. The summed E-state index contributed by atoms with van der Waals surface area (Å²) >= 11 is 0.